The molecule has 2 heteroatoms. The Morgan fingerprint density at radius 2 is 0.769 bits per heavy atom. The maximum absolute atomic E-state index is 5.27. The number of nitrogens with zero attached hydrogens (tertiary/aromatic N) is 2. The largest absolute Gasteiger partial charge is 0.228 e. The highest BCUT2D eigenvalue weighted by atomic mass is 14.9. The van der Waals surface area contributed by atoms with Gasteiger partial charge in [0, 0.05) is 16.5 Å². The van der Waals surface area contributed by atoms with Crippen molar-refractivity contribution >= 4 is 75.5 Å². The average Bonchev–Trinajstić information content (AvgIpc) is 3.22. The molecular weight excluding hydrogens is 629 g/mol. The van der Waals surface area contributed by atoms with Gasteiger partial charge in [-0.05, 0) is 87.9 Å². The number of fused-ring (bicyclic) bond motifs is 7. The monoisotopic (exact) mass is 658 g/mol. The lowest BCUT2D eigenvalue weighted by Crippen LogP contribution is -1.96. The number of para-hydroxylation sites is 1. The molecule has 0 saturated carbocycles. The van der Waals surface area contributed by atoms with Gasteiger partial charge >= 0.3 is 0 Å². The van der Waals surface area contributed by atoms with Gasteiger partial charge in [-0.15, -0.1) is 0 Å². The van der Waals surface area contributed by atoms with E-state index >= 15 is 0 Å². The second-order valence-electron chi connectivity index (χ2n) is 13.6. The summed E-state index contributed by atoms with van der Waals surface area (Å²) in [7, 11) is 0. The van der Waals surface area contributed by atoms with Crippen molar-refractivity contribution in [3.63, 3.8) is 0 Å². The SMILES string of the molecule is c1ccc(-c2nc(-c3ccc(-c4cccc5c6cccc7ccc8cccc(c9ccccc9c45)c8c76)c4ccccc34)nc3ccccc23)cc1. The molecule has 0 amide bonds. The summed E-state index contributed by atoms with van der Waals surface area (Å²) in [4.78, 5) is 10.4. The van der Waals surface area contributed by atoms with Crippen LogP contribution >= 0.6 is 0 Å². The van der Waals surface area contributed by atoms with Crippen molar-refractivity contribution in [3.05, 3.63) is 182 Å². The molecule has 1 aromatic heterocycles. The molecule has 0 saturated heterocycles. The number of hydrogen-bond acceptors (Lipinski definition) is 2. The lowest BCUT2D eigenvalue weighted by Gasteiger charge is -2.17. The molecule has 0 bridgehead atoms. The number of rotatable bonds is 3. The normalized spacial score (nSPS) is 11.8. The third kappa shape index (κ3) is 4.25. The van der Waals surface area contributed by atoms with E-state index in [0.717, 1.165) is 38.9 Å². The van der Waals surface area contributed by atoms with Crippen molar-refractivity contribution in [2.45, 2.75) is 0 Å². The van der Waals surface area contributed by atoms with E-state index in [4.69, 9.17) is 9.97 Å². The van der Waals surface area contributed by atoms with Gasteiger partial charge in [-0.1, -0.05) is 170 Å². The van der Waals surface area contributed by atoms with Crippen molar-refractivity contribution in [1.82, 2.24) is 9.97 Å². The first-order chi connectivity index (χ1) is 25.8. The van der Waals surface area contributed by atoms with E-state index < -0.39 is 0 Å². The third-order valence-corrected chi connectivity index (χ3v) is 10.8. The van der Waals surface area contributed by atoms with Crippen LogP contribution < -0.4 is 0 Å². The van der Waals surface area contributed by atoms with Crippen molar-refractivity contribution in [2.75, 3.05) is 0 Å². The number of benzene rings is 9. The summed E-state index contributed by atoms with van der Waals surface area (Å²) in [6.45, 7) is 0. The second-order valence-corrected chi connectivity index (χ2v) is 13.6. The van der Waals surface area contributed by atoms with Gasteiger partial charge in [0.05, 0.1) is 11.2 Å². The molecule has 0 aliphatic heterocycles. The fraction of sp³-hybridized carbons (Fsp3) is 0. The van der Waals surface area contributed by atoms with Crippen LogP contribution in [0.1, 0.15) is 0 Å². The highest BCUT2D eigenvalue weighted by molar-refractivity contribution is 6.34. The van der Waals surface area contributed by atoms with Gasteiger partial charge in [-0.2, -0.15) is 0 Å². The van der Waals surface area contributed by atoms with Gasteiger partial charge in [0.1, 0.15) is 0 Å². The molecule has 10 aromatic carbocycles. The third-order valence-electron chi connectivity index (χ3n) is 10.8. The Kier molecular flexibility index (Phi) is 6.28. The minimum Gasteiger partial charge on any atom is -0.228 e. The molecule has 240 valence electrons. The topological polar surface area (TPSA) is 25.8 Å². The summed E-state index contributed by atoms with van der Waals surface area (Å²) in [5.41, 5.74) is 6.38. The van der Waals surface area contributed by atoms with Gasteiger partial charge in [0.2, 0.25) is 0 Å². The van der Waals surface area contributed by atoms with E-state index in [1.165, 1.54) is 70.4 Å². The molecule has 0 N–H and O–H groups in total. The Balaban J connectivity index is 1.25. The van der Waals surface area contributed by atoms with E-state index in [1.807, 2.05) is 6.07 Å². The van der Waals surface area contributed by atoms with E-state index in [-0.39, 0.29) is 0 Å². The quantitative estimate of drug-likeness (QED) is 0.177. The maximum atomic E-state index is 5.27. The van der Waals surface area contributed by atoms with Crippen LogP contribution in [0.4, 0.5) is 0 Å². The zero-order valence-corrected chi connectivity index (χ0v) is 28.2. The molecule has 52 heavy (non-hydrogen) atoms. The van der Waals surface area contributed by atoms with Crippen LogP contribution in [0.25, 0.3) is 109 Å². The standard InChI is InChI=1S/C50H30N2/c1-2-13-33(14-3-1)49-44-21-8-9-26-45(44)51-50(52-49)43-30-29-37(34-17-4-5-18-35(34)43)40-24-12-25-42-41-23-11-16-32-28-27-31-15-10-22-38(46(31)47(32)41)36-19-6-7-20-39(36)48(40)42/h1-30H. The highest BCUT2D eigenvalue weighted by Gasteiger charge is 2.18. The van der Waals surface area contributed by atoms with Gasteiger partial charge in [0.15, 0.2) is 5.82 Å². The Morgan fingerprint density at radius 1 is 0.269 bits per heavy atom. The summed E-state index contributed by atoms with van der Waals surface area (Å²) in [6.07, 6.45) is 0. The molecule has 0 atom stereocenters. The van der Waals surface area contributed by atoms with Gasteiger partial charge in [-0.3, -0.25) is 0 Å². The maximum Gasteiger partial charge on any atom is 0.161 e. The molecule has 0 radical (unpaired) electrons. The molecule has 2 nitrogen and oxygen atoms in total. The summed E-state index contributed by atoms with van der Waals surface area (Å²) in [5.74, 6) is 0.727. The molecule has 11 aromatic rings. The molecule has 0 aliphatic carbocycles. The summed E-state index contributed by atoms with van der Waals surface area (Å²) in [5, 5.41) is 16.0. The van der Waals surface area contributed by atoms with Crippen LogP contribution in [0.5, 0.6) is 0 Å². The van der Waals surface area contributed by atoms with Gasteiger partial charge in [0.25, 0.3) is 0 Å². The van der Waals surface area contributed by atoms with Crippen LogP contribution in [0.2, 0.25) is 0 Å². The first kappa shape index (κ1) is 28.9. The fourth-order valence-electron chi connectivity index (χ4n) is 8.57. The number of hydrogen-bond donors (Lipinski definition) is 0. The second kappa shape index (κ2) is 11.3. The van der Waals surface area contributed by atoms with E-state index in [1.54, 1.807) is 0 Å². The van der Waals surface area contributed by atoms with Crippen molar-refractivity contribution in [1.29, 1.82) is 0 Å². The van der Waals surface area contributed by atoms with Crippen LogP contribution in [0.15, 0.2) is 182 Å². The van der Waals surface area contributed by atoms with Crippen LogP contribution in [-0.2, 0) is 0 Å². The van der Waals surface area contributed by atoms with Crippen LogP contribution in [-0.4, -0.2) is 9.97 Å². The van der Waals surface area contributed by atoms with E-state index in [0.29, 0.717) is 0 Å². The summed E-state index contributed by atoms with van der Waals surface area (Å²) in [6, 6.07) is 65.8. The molecule has 0 spiro atoms. The van der Waals surface area contributed by atoms with Crippen molar-refractivity contribution in [2.24, 2.45) is 0 Å². The minimum atomic E-state index is 0.727. The first-order valence-electron chi connectivity index (χ1n) is 17.8. The lowest BCUT2D eigenvalue weighted by atomic mass is 9.86. The zero-order valence-electron chi connectivity index (χ0n) is 28.2. The summed E-state index contributed by atoms with van der Waals surface area (Å²) < 4.78 is 0. The smallest absolute Gasteiger partial charge is 0.161 e. The minimum absolute atomic E-state index is 0.727. The predicted octanol–water partition coefficient (Wildman–Crippen LogP) is 13.5. The molecule has 0 aliphatic rings. The van der Waals surface area contributed by atoms with Crippen molar-refractivity contribution < 1.29 is 0 Å². The Labute approximate surface area is 300 Å². The summed E-state index contributed by atoms with van der Waals surface area (Å²) >= 11 is 0. The predicted molar refractivity (Wildman–Crippen MR) is 221 cm³/mol. The molecule has 11 rings (SSSR count). The Morgan fingerprint density at radius 3 is 1.50 bits per heavy atom. The van der Waals surface area contributed by atoms with Crippen molar-refractivity contribution in [3.8, 4) is 33.8 Å². The Bertz CT molecular complexity index is 3230. The van der Waals surface area contributed by atoms with E-state index in [2.05, 4.69) is 176 Å². The van der Waals surface area contributed by atoms with E-state index in [9.17, 15) is 0 Å². The average molecular weight is 659 g/mol. The van der Waals surface area contributed by atoms with Gasteiger partial charge < -0.3 is 0 Å². The first-order valence-corrected chi connectivity index (χ1v) is 17.8. The van der Waals surface area contributed by atoms with Gasteiger partial charge in [-0.25, -0.2) is 9.97 Å². The molecule has 0 unspecified atom stereocenters. The number of aromatic nitrogens is 2. The fourth-order valence-corrected chi connectivity index (χ4v) is 8.57. The van der Waals surface area contributed by atoms with Crippen LogP contribution in [0.3, 0.4) is 0 Å². The molecule has 0 fully saturated rings. The lowest BCUT2D eigenvalue weighted by molar-refractivity contribution is 1.23. The molecule has 1 heterocycles. The Hall–Kier alpha value is -6.90. The highest BCUT2D eigenvalue weighted by Crippen LogP contribution is 2.45. The zero-order chi connectivity index (χ0) is 34.2. The molecular formula is C50H30N2. The van der Waals surface area contributed by atoms with Crippen LogP contribution in [0, 0.1) is 0 Å².